The Bertz CT molecular complexity index is 274. The van der Waals surface area contributed by atoms with Crippen LogP contribution in [0.5, 0.6) is 0 Å². The monoisotopic (exact) mass is 254 g/mol. The van der Waals surface area contributed by atoms with Gasteiger partial charge in [0, 0.05) is 19.1 Å². The van der Waals surface area contributed by atoms with Gasteiger partial charge in [0.2, 0.25) is 0 Å². The Kier molecular flexibility index (Phi) is 4.35. The zero-order valence-electron chi connectivity index (χ0n) is 12.4. The summed E-state index contributed by atoms with van der Waals surface area (Å²) in [5.74, 6) is 1.51. The summed E-state index contributed by atoms with van der Waals surface area (Å²) in [6, 6.07) is 0.645. The van der Waals surface area contributed by atoms with E-state index in [-0.39, 0.29) is 6.10 Å². The molecule has 2 rings (SSSR count). The lowest BCUT2D eigenvalue weighted by atomic mass is 9.82. The fraction of sp³-hybridized carbons (Fsp3) is 1.00. The van der Waals surface area contributed by atoms with Gasteiger partial charge in [0.25, 0.3) is 0 Å². The second kappa shape index (κ2) is 5.48. The molecule has 0 saturated heterocycles. The largest absolute Gasteiger partial charge is 0.393 e. The molecular weight excluding hydrogens is 224 g/mol. The fourth-order valence-electron chi connectivity index (χ4n) is 4.11. The Balaban J connectivity index is 1.78. The number of hydrogen-bond donors (Lipinski definition) is 2. The van der Waals surface area contributed by atoms with E-state index in [1.165, 1.54) is 19.4 Å². The van der Waals surface area contributed by atoms with E-state index in [1.807, 2.05) is 0 Å². The maximum absolute atomic E-state index is 9.34. The molecule has 2 aliphatic carbocycles. The number of nitrogens with zero attached hydrogens (tertiary/aromatic N) is 1. The third-order valence-corrected chi connectivity index (χ3v) is 5.11. The molecule has 18 heavy (non-hydrogen) atoms. The normalized spacial score (nSPS) is 39.0. The van der Waals surface area contributed by atoms with Crippen LogP contribution in [0.15, 0.2) is 0 Å². The minimum Gasteiger partial charge on any atom is -0.393 e. The number of hydrogen-bond acceptors (Lipinski definition) is 3. The van der Waals surface area contributed by atoms with Crippen LogP contribution in [0.1, 0.15) is 39.5 Å². The van der Waals surface area contributed by atoms with E-state index >= 15 is 0 Å². The molecule has 2 atom stereocenters. The molecule has 0 amide bonds. The maximum Gasteiger partial charge on any atom is 0.0546 e. The first-order valence-corrected chi connectivity index (χ1v) is 7.46. The van der Waals surface area contributed by atoms with Crippen LogP contribution in [0, 0.1) is 17.3 Å². The molecule has 2 N–H and O–H groups in total. The van der Waals surface area contributed by atoms with Crippen molar-refractivity contribution in [2.45, 2.75) is 51.7 Å². The molecule has 106 valence electrons. The van der Waals surface area contributed by atoms with Crippen LogP contribution in [0.3, 0.4) is 0 Å². The zero-order chi connectivity index (χ0) is 13.3. The Morgan fingerprint density at radius 1 is 1.28 bits per heavy atom. The standard InChI is InChI=1S/C15H30N2O/c1-15(2)6-5-12(14(15)16-3)10-17(4)9-11-7-13(18)8-11/h11-14,16,18H,5-10H2,1-4H3. The average Bonchev–Trinajstić information content (AvgIpc) is 2.51. The molecule has 2 fully saturated rings. The lowest BCUT2D eigenvalue weighted by Gasteiger charge is -2.37. The molecule has 0 aliphatic heterocycles. The lowest BCUT2D eigenvalue weighted by Crippen LogP contribution is -2.45. The minimum atomic E-state index is -0.0149. The maximum atomic E-state index is 9.34. The first-order chi connectivity index (χ1) is 8.42. The molecule has 2 aliphatic rings. The van der Waals surface area contributed by atoms with Crippen molar-refractivity contribution >= 4 is 0 Å². The van der Waals surface area contributed by atoms with E-state index < -0.39 is 0 Å². The van der Waals surface area contributed by atoms with Crippen LogP contribution >= 0.6 is 0 Å². The molecular formula is C15H30N2O. The molecule has 0 spiro atoms. The molecule has 3 nitrogen and oxygen atoms in total. The summed E-state index contributed by atoms with van der Waals surface area (Å²) in [5.41, 5.74) is 0.437. The summed E-state index contributed by atoms with van der Waals surface area (Å²) < 4.78 is 0. The molecule has 0 aromatic rings. The van der Waals surface area contributed by atoms with E-state index in [4.69, 9.17) is 0 Å². The van der Waals surface area contributed by atoms with Gasteiger partial charge in [-0.3, -0.25) is 0 Å². The molecule has 0 bridgehead atoms. The average molecular weight is 254 g/mol. The highest BCUT2D eigenvalue weighted by atomic mass is 16.3. The van der Waals surface area contributed by atoms with Crippen molar-refractivity contribution in [3.05, 3.63) is 0 Å². The van der Waals surface area contributed by atoms with Gasteiger partial charge in [0.15, 0.2) is 0 Å². The SMILES string of the molecule is CNC1C(CN(C)CC2CC(O)C2)CCC1(C)C. The topological polar surface area (TPSA) is 35.5 Å². The zero-order valence-corrected chi connectivity index (χ0v) is 12.4. The van der Waals surface area contributed by atoms with Crippen molar-refractivity contribution in [1.82, 2.24) is 10.2 Å². The quantitative estimate of drug-likeness (QED) is 0.784. The van der Waals surface area contributed by atoms with E-state index in [0.717, 1.165) is 31.2 Å². The Hall–Kier alpha value is -0.120. The van der Waals surface area contributed by atoms with Gasteiger partial charge >= 0.3 is 0 Å². The summed E-state index contributed by atoms with van der Waals surface area (Å²) in [7, 11) is 4.34. The van der Waals surface area contributed by atoms with Crippen LogP contribution in [0.2, 0.25) is 0 Å². The summed E-state index contributed by atoms with van der Waals surface area (Å²) in [5, 5.41) is 12.9. The molecule has 0 radical (unpaired) electrons. The van der Waals surface area contributed by atoms with Gasteiger partial charge in [-0.2, -0.15) is 0 Å². The van der Waals surface area contributed by atoms with Gasteiger partial charge < -0.3 is 15.3 Å². The predicted molar refractivity (Wildman–Crippen MR) is 75.6 cm³/mol. The Morgan fingerprint density at radius 2 is 1.94 bits per heavy atom. The van der Waals surface area contributed by atoms with E-state index in [9.17, 15) is 5.11 Å². The second-order valence-corrected chi connectivity index (χ2v) is 7.27. The molecule has 2 saturated carbocycles. The van der Waals surface area contributed by atoms with Gasteiger partial charge in [-0.05, 0) is 57.0 Å². The van der Waals surface area contributed by atoms with Gasteiger partial charge in [0.05, 0.1) is 6.10 Å². The number of nitrogens with one attached hydrogen (secondary N) is 1. The van der Waals surface area contributed by atoms with Crippen molar-refractivity contribution < 1.29 is 5.11 Å². The smallest absolute Gasteiger partial charge is 0.0546 e. The highest BCUT2D eigenvalue weighted by molar-refractivity contribution is 4.96. The van der Waals surface area contributed by atoms with Crippen LogP contribution in [0.25, 0.3) is 0 Å². The molecule has 0 aromatic carbocycles. The summed E-state index contributed by atoms with van der Waals surface area (Å²) in [6.07, 6.45) is 4.68. The first kappa shape index (κ1) is 14.3. The highest BCUT2D eigenvalue weighted by Crippen LogP contribution is 2.41. The molecule has 2 unspecified atom stereocenters. The Labute approximate surface area is 112 Å². The highest BCUT2D eigenvalue weighted by Gasteiger charge is 2.41. The van der Waals surface area contributed by atoms with Crippen LogP contribution in [0.4, 0.5) is 0 Å². The van der Waals surface area contributed by atoms with Crippen molar-refractivity contribution in [3.8, 4) is 0 Å². The summed E-state index contributed by atoms with van der Waals surface area (Å²) in [6.45, 7) is 7.12. The third kappa shape index (κ3) is 3.06. The van der Waals surface area contributed by atoms with Crippen molar-refractivity contribution in [2.75, 3.05) is 27.2 Å². The first-order valence-electron chi connectivity index (χ1n) is 7.46. The summed E-state index contributed by atoms with van der Waals surface area (Å²) in [4.78, 5) is 2.48. The lowest BCUT2D eigenvalue weighted by molar-refractivity contribution is 0.0256. The van der Waals surface area contributed by atoms with Gasteiger partial charge in [-0.15, -0.1) is 0 Å². The van der Waals surface area contributed by atoms with Crippen molar-refractivity contribution in [2.24, 2.45) is 17.3 Å². The number of rotatable bonds is 5. The summed E-state index contributed by atoms with van der Waals surface area (Å²) >= 11 is 0. The minimum absolute atomic E-state index is 0.0149. The van der Waals surface area contributed by atoms with E-state index in [0.29, 0.717) is 11.5 Å². The van der Waals surface area contributed by atoms with Crippen LogP contribution in [-0.2, 0) is 0 Å². The molecule has 0 aromatic heterocycles. The van der Waals surface area contributed by atoms with E-state index in [2.05, 4.69) is 38.2 Å². The number of aliphatic hydroxyl groups is 1. The molecule has 0 heterocycles. The second-order valence-electron chi connectivity index (χ2n) is 7.27. The van der Waals surface area contributed by atoms with Crippen molar-refractivity contribution in [1.29, 1.82) is 0 Å². The van der Waals surface area contributed by atoms with E-state index in [1.54, 1.807) is 0 Å². The fourth-order valence-corrected chi connectivity index (χ4v) is 4.11. The third-order valence-electron chi connectivity index (χ3n) is 5.11. The van der Waals surface area contributed by atoms with Crippen LogP contribution < -0.4 is 5.32 Å². The van der Waals surface area contributed by atoms with Gasteiger partial charge in [-0.25, -0.2) is 0 Å². The van der Waals surface area contributed by atoms with Crippen molar-refractivity contribution in [3.63, 3.8) is 0 Å². The Morgan fingerprint density at radius 3 is 2.50 bits per heavy atom. The van der Waals surface area contributed by atoms with Crippen LogP contribution in [-0.4, -0.2) is 49.3 Å². The van der Waals surface area contributed by atoms with Gasteiger partial charge in [0.1, 0.15) is 0 Å². The predicted octanol–water partition coefficient (Wildman–Crippen LogP) is 1.71. The number of aliphatic hydroxyl groups excluding tert-OH is 1. The molecule has 3 heteroatoms. The van der Waals surface area contributed by atoms with Gasteiger partial charge in [-0.1, -0.05) is 13.8 Å².